The van der Waals surface area contributed by atoms with Crippen molar-refractivity contribution >= 4 is 34.7 Å². The van der Waals surface area contributed by atoms with E-state index in [9.17, 15) is 19.7 Å². The topological polar surface area (TPSA) is 111 Å². The number of H-pyrrole nitrogens is 1. The molecule has 0 fully saturated rings. The van der Waals surface area contributed by atoms with Crippen LogP contribution in [0.3, 0.4) is 0 Å². The maximum absolute atomic E-state index is 12.9. The van der Waals surface area contributed by atoms with E-state index in [1.807, 2.05) is 0 Å². The van der Waals surface area contributed by atoms with Crippen LogP contribution in [0, 0.1) is 21.8 Å². The minimum Gasteiger partial charge on any atom is -0.451 e. The molecule has 0 spiro atoms. The number of aromatic nitrogens is 2. The van der Waals surface area contributed by atoms with Gasteiger partial charge in [-0.15, -0.1) is 0 Å². The van der Waals surface area contributed by atoms with Crippen molar-refractivity contribution in [2.75, 3.05) is 0 Å². The smallest absolute Gasteiger partial charge is 0.302 e. The number of nitro groups is 1. The molecular formula is C20H13N3O5S. The Hall–Kier alpha value is -3.85. The second kappa shape index (κ2) is 6.95. The van der Waals surface area contributed by atoms with Gasteiger partial charge in [0.15, 0.2) is 10.5 Å². The average molecular weight is 407 g/mol. The molecule has 0 saturated carbocycles. The fraction of sp³-hybridized carbons (Fsp3) is 0.0500. The molecule has 144 valence electrons. The molecular weight excluding hydrogens is 394 g/mol. The van der Waals surface area contributed by atoms with Gasteiger partial charge in [0.2, 0.25) is 0 Å². The van der Waals surface area contributed by atoms with Crippen LogP contribution in [-0.4, -0.2) is 20.4 Å². The first kappa shape index (κ1) is 18.5. The molecule has 8 nitrogen and oxygen atoms in total. The van der Waals surface area contributed by atoms with E-state index in [1.165, 1.54) is 18.2 Å². The molecule has 0 amide bonds. The first-order chi connectivity index (χ1) is 13.9. The Balaban J connectivity index is 1.78. The van der Waals surface area contributed by atoms with Gasteiger partial charge in [-0.2, -0.15) is 0 Å². The second-order valence-corrected chi connectivity index (χ2v) is 6.73. The summed E-state index contributed by atoms with van der Waals surface area (Å²) in [5.74, 6) is -0.574. The third-order valence-corrected chi connectivity index (χ3v) is 4.80. The normalized spacial score (nSPS) is 10.9. The van der Waals surface area contributed by atoms with E-state index < -0.39 is 16.4 Å². The molecule has 2 aromatic carbocycles. The third-order valence-electron chi connectivity index (χ3n) is 4.52. The molecule has 29 heavy (non-hydrogen) atoms. The zero-order valence-corrected chi connectivity index (χ0v) is 15.9. The Bertz CT molecular complexity index is 1410. The first-order valence-corrected chi connectivity index (χ1v) is 8.91. The number of carbonyl (C=O) groups excluding carboxylic acids is 1. The molecule has 0 aliphatic carbocycles. The van der Waals surface area contributed by atoms with Crippen molar-refractivity contribution in [1.82, 2.24) is 9.55 Å². The largest absolute Gasteiger partial charge is 0.451 e. The Morgan fingerprint density at radius 3 is 2.69 bits per heavy atom. The minimum atomic E-state index is -0.727. The van der Waals surface area contributed by atoms with E-state index in [0.717, 1.165) is 4.57 Å². The summed E-state index contributed by atoms with van der Waals surface area (Å²) in [5.41, 5.74) is 0.866. The quantitative estimate of drug-likeness (QED) is 0.309. The Labute approximate surface area is 168 Å². The number of hydrogen-bond acceptors (Lipinski definition) is 6. The number of aryl methyl sites for hydroxylation is 1. The monoisotopic (exact) mass is 407 g/mol. The standard InChI is InChI=1S/C20H13N3O5S/c1-11-6-7-12(10-15(11)23(26)27)16-8-9-17(28-16)19(25)22-18(24)13-4-2-3-5-14(13)21-20(22)29/h2-10H,1H3,(H,21,29). The molecule has 0 atom stereocenters. The molecule has 0 saturated heterocycles. The molecule has 0 unspecified atom stereocenters. The van der Waals surface area contributed by atoms with Crippen LogP contribution in [0.2, 0.25) is 0 Å². The maximum atomic E-state index is 12.9. The molecule has 2 aromatic heterocycles. The van der Waals surface area contributed by atoms with Crippen molar-refractivity contribution in [3.63, 3.8) is 0 Å². The highest BCUT2D eigenvalue weighted by molar-refractivity contribution is 7.71. The van der Waals surface area contributed by atoms with Crippen LogP contribution in [0.5, 0.6) is 0 Å². The van der Waals surface area contributed by atoms with Gasteiger partial charge in [-0.25, -0.2) is 4.57 Å². The van der Waals surface area contributed by atoms with Crippen LogP contribution in [0.15, 0.2) is 63.8 Å². The summed E-state index contributed by atoms with van der Waals surface area (Å²) in [5, 5.41) is 11.5. The zero-order valence-electron chi connectivity index (χ0n) is 15.0. The number of para-hydroxylation sites is 1. The number of nitrogens with zero attached hydrogens (tertiary/aromatic N) is 2. The summed E-state index contributed by atoms with van der Waals surface area (Å²) in [4.78, 5) is 39.1. The summed E-state index contributed by atoms with van der Waals surface area (Å²) >= 11 is 5.17. The number of nitro benzene ring substituents is 1. The van der Waals surface area contributed by atoms with Crippen LogP contribution in [-0.2, 0) is 0 Å². The third kappa shape index (κ3) is 3.17. The number of carbonyl (C=O) groups is 1. The van der Waals surface area contributed by atoms with Gasteiger partial charge in [-0.05, 0) is 43.4 Å². The number of hydrogen-bond donors (Lipinski definition) is 1. The molecule has 1 N–H and O–H groups in total. The number of benzene rings is 2. The second-order valence-electron chi connectivity index (χ2n) is 6.34. The van der Waals surface area contributed by atoms with Crippen LogP contribution in [0.25, 0.3) is 22.2 Å². The predicted octanol–water partition coefficient (Wildman–Crippen LogP) is 4.22. The van der Waals surface area contributed by atoms with E-state index in [2.05, 4.69) is 4.98 Å². The average Bonchev–Trinajstić information content (AvgIpc) is 3.18. The lowest BCUT2D eigenvalue weighted by molar-refractivity contribution is -0.385. The number of rotatable bonds is 3. The summed E-state index contributed by atoms with van der Waals surface area (Å²) in [6.07, 6.45) is 0. The summed E-state index contributed by atoms with van der Waals surface area (Å²) in [6.45, 7) is 1.63. The molecule has 9 heteroatoms. The summed E-state index contributed by atoms with van der Waals surface area (Å²) in [6, 6.07) is 14.3. The van der Waals surface area contributed by atoms with Crippen molar-refractivity contribution in [2.45, 2.75) is 6.92 Å². The lowest BCUT2D eigenvalue weighted by Crippen LogP contribution is -2.28. The van der Waals surface area contributed by atoms with E-state index in [0.29, 0.717) is 22.0 Å². The van der Waals surface area contributed by atoms with Gasteiger partial charge in [-0.1, -0.05) is 24.3 Å². The SMILES string of the molecule is Cc1ccc(-c2ccc(C(=O)n3c(=S)[nH]c4ccccc4c3=O)o2)cc1[N+](=O)[O-]. The molecule has 2 heterocycles. The number of fused-ring (bicyclic) bond motifs is 1. The first-order valence-electron chi connectivity index (χ1n) is 8.51. The number of nitrogens with one attached hydrogen (secondary N) is 1. The van der Waals surface area contributed by atoms with E-state index in [-0.39, 0.29) is 22.0 Å². The Kier molecular flexibility index (Phi) is 4.44. The van der Waals surface area contributed by atoms with Crippen molar-refractivity contribution in [3.05, 3.63) is 91.2 Å². The van der Waals surface area contributed by atoms with Gasteiger partial charge in [-0.3, -0.25) is 19.7 Å². The molecule has 4 rings (SSSR count). The summed E-state index contributed by atoms with van der Waals surface area (Å²) < 4.78 is 6.37. The molecule has 0 aliphatic heterocycles. The van der Waals surface area contributed by atoms with Crippen LogP contribution in [0.4, 0.5) is 5.69 Å². The van der Waals surface area contributed by atoms with Gasteiger partial charge in [0.1, 0.15) is 5.76 Å². The highest BCUT2D eigenvalue weighted by atomic mass is 32.1. The van der Waals surface area contributed by atoms with Crippen LogP contribution >= 0.6 is 12.2 Å². The van der Waals surface area contributed by atoms with Gasteiger partial charge in [0.25, 0.3) is 11.2 Å². The van der Waals surface area contributed by atoms with E-state index in [4.69, 9.17) is 16.6 Å². The zero-order chi connectivity index (χ0) is 20.7. The fourth-order valence-electron chi connectivity index (χ4n) is 3.02. The summed E-state index contributed by atoms with van der Waals surface area (Å²) in [7, 11) is 0. The highest BCUT2D eigenvalue weighted by Crippen LogP contribution is 2.28. The van der Waals surface area contributed by atoms with Gasteiger partial charge in [0, 0.05) is 17.2 Å². The van der Waals surface area contributed by atoms with Crippen LogP contribution in [0.1, 0.15) is 16.1 Å². The van der Waals surface area contributed by atoms with Crippen molar-refractivity contribution in [1.29, 1.82) is 0 Å². The Morgan fingerprint density at radius 1 is 1.17 bits per heavy atom. The van der Waals surface area contributed by atoms with Gasteiger partial charge in [0.05, 0.1) is 15.8 Å². The lowest BCUT2D eigenvalue weighted by atomic mass is 10.1. The van der Waals surface area contributed by atoms with Crippen LogP contribution < -0.4 is 5.56 Å². The van der Waals surface area contributed by atoms with E-state index in [1.54, 1.807) is 43.3 Å². The maximum Gasteiger partial charge on any atom is 0.302 e. The minimum absolute atomic E-state index is 0.0531. The molecule has 0 aliphatic rings. The highest BCUT2D eigenvalue weighted by Gasteiger charge is 2.20. The van der Waals surface area contributed by atoms with Crippen molar-refractivity contribution in [3.8, 4) is 11.3 Å². The Morgan fingerprint density at radius 2 is 1.93 bits per heavy atom. The number of furan rings is 1. The van der Waals surface area contributed by atoms with E-state index >= 15 is 0 Å². The molecule has 4 aromatic rings. The molecule has 0 radical (unpaired) electrons. The lowest BCUT2D eigenvalue weighted by Gasteiger charge is -2.05. The number of aromatic amines is 1. The fourth-order valence-corrected chi connectivity index (χ4v) is 3.30. The van der Waals surface area contributed by atoms with Gasteiger partial charge >= 0.3 is 5.91 Å². The van der Waals surface area contributed by atoms with Crippen molar-refractivity contribution in [2.24, 2.45) is 0 Å². The molecule has 0 bridgehead atoms. The predicted molar refractivity (Wildman–Crippen MR) is 109 cm³/mol. The van der Waals surface area contributed by atoms with Crippen molar-refractivity contribution < 1.29 is 14.1 Å². The van der Waals surface area contributed by atoms with Gasteiger partial charge < -0.3 is 9.40 Å².